The second kappa shape index (κ2) is 6.01. The number of esters is 1. The summed E-state index contributed by atoms with van der Waals surface area (Å²) in [6.45, 7) is 1.76. The van der Waals surface area contributed by atoms with Crippen LogP contribution in [-0.2, 0) is 16.0 Å². The van der Waals surface area contributed by atoms with Crippen LogP contribution >= 0.6 is 0 Å². The predicted octanol–water partition coefficient (Wildman–Crippen LogP) is 1.95. The third-order valence-electron chi connectivity index (χ3n) is 2.59. The van der Waals surface area contributed by atoms with E-state index < -0.39 is 5.97 Å². The van der Waals surface area contributed by atoms with E-state index in [2.05, 4.69) is 15.2 Å². The number of ether oxygens (including phenoxy) is 1. The van der Waals surface area contributed by atoms with Crippen molar-refractivity contribution in [3.8, 4) is 0 Å². The molecule has 0 aliphatic carbocycles. The molecule has 1 aromatic heterocycles. The first-order valence-electron chi connectivity index (χ1n) is 5.99. The zero-order valence-corrected chi connectivity index (χ0v) is 11.2. The Balaban J connectivity index is 2.02. The summed E-state index contributed by atoms with van der Waals surface area (Å²) in [5, 5.41) is 6.44. The summed E-state index contributed by atoms with van der Waals surface area (Å²) in [5.41, 5.74) is 1.46. The molecule has 104 valence electrons. The van der Waals surface area contributed by atoms with E-state index in [9.17, 15) is 9.59 Å². The summed E-state index contributed by atoms with van der Waals surface area (Å²) in [6.07, 6.45) is 0.111. The molecule has 0 saturated heterocycles. The van der Waals surface area contributed by atoms with E-state index >= 15 is 0 Å². The van der Waals surface area contributed by atoms with Crippen molar-refractivity contribution in [1.82, 2.24) is 5.16 Å². The van der Waals surface area contributed by atoms with Gasteiger partial charge in [0.25, 0.3) is 0 Å². The molecule has 1 N–H and O–H groups in total. The molecule has 2 aromatic rings. The van der Waals surface area contributed by atoms with Gasteiger partial charge in [0.15, 0.2) is 0 Å². The second-order valence-electron chi connectivity index (χ2n) is 4.23. The Morgan fingerprint density at radius 3 is 2.80 bits per heavy atom. The normalized spacial score (nSPS) is 10.1. The minimum atomic E-state index is -0.451. The van der Waals surface area contributed by atoms with E-state index in [1.54, 1.807) is 37.3 Å². The molecule has 6 heteroatoms. The van der Waals surface area contributed by atoms with E-state index in [1.165, 1.54) is 7.11 Å². The standard InChI is InChI=1S/C14H14N2O4/c1-9-6-12(16-20-9)8-13(17)15-11-5-3-4-10(7-11)14(18)19-2/h3-7H,8H2,1-2H3,(H,15,17). The smallest absolute Gasteiger partial charge is 0.337 e. The number of carbonyl (C=O) groups excluding carboxylic acids is 2. The molecular formula is C14H14N2O4. The fraction of sp³-hybridized carbons (Fsp3) is 0.214. The van der Waals surface area contributed by atoms with Gasteiger partial charge < -0.3 is 14.6 Å². The highest BCUT2D eigenvalue weighted by molar-refractivity contribution is 5.95. The van der Waals surface area contributed by atoms with Crippen LogP contribution in [0.2, 0.25) is 0 Å². The Kier molecular flexibility index (Phi) is 4.14. The van der Waals surface area contributed by atoms with Crippen LogP contribution in [0.4, 0.5) is 5.69 Å². The van der Waals surface area contributed by atoms with Gasteiger partial charge in [-0.15, -0.1) is 0 Å². The maximum atomic E-state index is 11.8. The lowest BCUT2D eigenvalue weighted by molar-refractivity contribution is -0.115. The highest BCUT2D eigenvalue weighted by Crippen LogP contribution is 2.12. The number of aryl methyl sites for hydroxylation is 1. The minimum Gasteiger partial charge on any atom is -0.465 e. The molecule has 1 aromatic carbocycles. The largest absolute Gasteiger partial charge is 0.465 e. The zero-order chi connectivity index (χ0) is 14.5. The molecule has 1 amide bonds. The van der Waals surface area contributed by atoms with Crippen molar-refractivity contribution in [2.75, 3.05) is 12.4 Å². The Labute approximate surface area is 115 Å². The number of carbonyl (C=O) groups is 2. The van der Waals surface area contributed by atoms with Crippen molar-refractivity contribution >= 4 is 17.6 Å². The van der Waals surface area contributed by atoms with E-state index in [-0.39, 0.29) is 12.3 Å². The van der Waals surface area contributed by atoms with Crippen LogP contribution in [0.3, 0.4) is 0 Å². The predicted molar refractivity (Wildman–Crippen MR) is 71.4 cm³/mol. The number of anilines is 1. The van der Waals surface area contributed by atoms with Crippen molar-refractivity contribution in [3.63, 3.8) is 0 Å². The summed E-state index contributed by atoms with van der Waals surface area (Å²) in [4.78, 5) is 23.2. The van der Waals surface area contributed by atoms with Crippen LogP contribution < -0.4 is 5.32 Å². The third-order valence-corrected chi connectivity index (χ3v) is 2.59. The molecule has 0 aliphatic rings. The van der Waals surface area contributed by atoms with E-state index in [4.69, 9.17) is 4.52 Å². The van der Waals surface area contributed by atoms with Gasteiger partial charge in [0.05, 0.1) is 24.8 Å². The van der Waals surface area contributed by atoms with Crippen molar-refractivity contribution in [3.05, 3.63) is 47.3 Å². The van der Waals surface area contributed by atoms with Gasteiger partial charge in [0.2, 0.25) is 5.91 Å². The molecule has 0 aliphatic heterocycles. The number of nitrogens with one attached hydrogen (secondary N) is 1. The Hall–Kier alpha value is -2.63. The van der Waals surface area contributed by atoms with Gasteiger partial charge in [-0.2, -0.15) is 0 Å². The third kappa shape index (κ3) is 3.44. The molecule has 0 saturated carbocycles. The number of hydrogen-bond donors (Lipinski definition) is 1. The number of rotatable bonds is 4. The number of benzene rings is 1. The number of aromatic nitrogens is 1. The lowest BCUT2D eigenvalue weighted by Gasteiger charge is -2.05. The highest BCUT2D eigenvalue weighted by atomic mass is 16.5. The van der Waals surface area contributed by atoms with Crippen molar-refractivity contribution in [2.45, 2.75) is 13.3 Å². The van der Waals surface area contributed by atoms with Crippen LogP contribution in [-0.4, -0.2) is 24.1 Å². The summed E-state index contributed by atoms with van der Waals surface area (Å²) < 4.78 is 9.51. The Bertz CT molecular complexity index is 634. The lowest BCUT2D eigenvalue weighted by Crippen LogP contribution is -2.15. The molecular weight excluding hydrogens is 260 g/mol. The van der Waals surface area contributed by atoms with Crippen LogP contribution in [0.1, 0.15) is 21.8 Å². The van der Waals surface area contributed by atoms with Gasteiger partial charge in [-0.3, -0.25) is 4.79 Å². The molecule has 0 radical (unpaired) electrons. The Morgan fingerprint density at radius 1 is 1.35 bits per heavy atom. The topological polar surface area (TPSA) is 81.4 Å². The van der Waals surface area contributed by atoms with Crippen molar-refractivity contribution in [2.24, 2.45) is 0 Å². The van der Waals surface area contributed by atoms with Crippen molar-refractivity contribution < 1.29 is 18.8 Å². The lowest BCUT2D eigenvalue weighted by atomic mass is 10.2. The van der Waals surface area contributed by atoms with Crippen LogP contribution in [0.15, 0.2) is 34.9 Å². The fourth-order valence-corrected chi connectivity index (χ4v) is 1.71. The van der Waals surface area contributed by atoms with Crippen LogP contribution in [0.5, 0.6) is 0 Å². The molecule has 20 heavy (non-hydrogen) atoms. The second-order valence-corrected chi connectivity index (χ2v) is 4.23. The first kappa shape index (κ1) is 13.8. The molecule has 0 bridgehead atoms. The molecule has 0 unspecified atom stereocenters. The van der Waals surface area contributed by atoms with Crippen molar-refractivity contribution in [1.29, 1.82) is 0 Å². The number of nitrogens with zero attached hydrogens (tertiary/aromatic N) is 1. The average Bonchev–Trinajstić information content (AvgIpc) is 2.83. The minimum absolute atomic E-state index is 0.111. The van der Waals surface area contributed by atoms with E-state index in [0.29, 0.717) is 22.7 Å². The van der Waals surface area contributed by atoms with Gasteiger partial charge in [-0.25, -0.2) is 4.79 Å². The van der Waals surface area contributed by atoms with Gasteiger partial charge in [-0.1, -0.05) is 11.2 Å². The van der Waals surface area contributed by atoms with E-state index in [0.717, 1.165) is 0 Å². The first-order chi connectivity index (χ1) is 9.58. The van der Waals surface area contributed by atoms with Crippen LogP contribution in [0.25, 0.3) is 0 Å². The van der Waals surface area contributed by atoms with Gasteiger partial charge in [0.1, 0.15) is 5.76 Å². The molecule has 0 fully saturated rings. The fourth-order valence-electron chi connectivity index (χ4n) is 1.71. The maximum Gasteiger partial charge on any atom is 0.337 e. The summed E-state index contributed by atoms with van der Waals surface area (Å²) in [6, 6.07) is 8.23. The Morgan fingerprint density at radius 2 is 2.15 bits per heavy atom. The van der Waals surface area contributed by atoms with E-state index in [1.807, 2.05) is 0 Å². The average molecular weight is 274 g/mol. The van der Waals surface area contributed by atoms with Gasteiger partial charge in [-0.05, 0) is 25.1 Å². The molecule has 6 nitrogen and oxygen atoms in total. The van der Waals surface area contributed by atoms with Crippen LogP contribution in [0, 0.1) is 6.92 Å². The number of amides is 1. The summed E-state index contributed by atoms with van der Waals surface area (Å²) >= 11 is 0. The summed E-state index contributed by atoms with van der Waals surface area (Å²) in [7, 11) is 1.31. The zero-order valence-electron chi connectivity index (χ0n) is 11.2. The first-order valence-corrected chi connectivity index (χ1v) is 5.99. The highest BCUT2D eigenvalue weighted by Gasteiger charge is 2.10. The molecule has 1 heterocycles. The number of hydrogen-bond acceptors (Lipinski definition) is 5. The van der Waals surface area contributed by atoms with Gasteiger partial charge in [0, 0.05) is 11.8 Å². The molecule has 0 spiro atoms. The monoisotopic (exact) mass is 274 g/mol. The quantitative estimate of drug-likeness (QED) is 0.862. The maximum absolute atomic E-state index is 11.8. The molecule has 2 rings (SSSR count). The van der Waals surface area contributed by atoms with Gasteiger partial charge >= 0.3 is 5.97 Å². The summed E-state index contributed by atoms with van der Waals surface area (Å²) in [5.74, 6) is -0.0333. The number of methoxy groups -OCH3 is 1. The SMILES string of the molecule is COC(=O)c1cccc(NC(=O)Cc2cc(C)on2)c1. The molecule has 0 atom stereocenters.